The summed E-state index contributed by atoms with van der Waals surface area (Å²) in [4.78, 5) is 24.3. The quantitative estimate of drug-likeness (QED) is 0.652. The van der Waals surface area contributed by atoms with Gasteiger partial charge in [-0.3, -0.25) is 4.79 Å². The molecule has 1 aromatic heterocycles. The first-order valence-electron chi connectivity index (χ1n) is 10.7. The van der Waals surface area contributed by atoms with Crippen molar-refractivity contribution < 1.29 is 28.8 Å². The maximum atomic E-state index is 12.6. The van der Waals surface area contributed by atoms with Crippen molar-refractivity contribution in [1.29, 1.82) is 0 Å². The van der Waals surface area contributed by atoms with Gasteiger partial charge < -0.3 is 28.6 Å². The summed E-state index contributed by atoms with van der Waals surface area (Å²) in [5.74, 6) is -0.0957. The summed E-state index contributed by atoms with van der Waals surface area (Å²) >= 11 is 0. The van der Waals surface area contributed by atoms with Crippen LogP contribution in [0.25, 0.3) is 11.3 Å². The Morgan fingerprint density at radius 3 is 2.69 bits per heavy atom. The van der Waals surface area contributed by atoms with Crippen LogP contribution >= 0.6 is 0 Å². The van der Waals surface area contributed by atoms with E-state index in [2.05, 4.69) is 13.8 Å². The van der Waals surface area contributed by atoms with Crippen molar-refractivity contribution in [2.45, 2.75) is 38.8 Å². The summed E-state index contributed by atoms with van der Waals surface area (Å²) in [6.07, 6.45) is 2.70. The molecule has 2 aliphatic rings. The first-order chi connectivity index (χ1) is 15.3. The zero-order valence-electron chi connectivity index (χ0n) is 18.8. The first kappa shape index (κ1) is 22.4. The maximum Gasteiger partial charge on any atom is 0.341 e. The summed E-state index contributed by atoms with van der Waals surface area (Å²) in [6.45, 7) is 5.95. The number of fused-ring (bicyclic) bond motifs is 6. The van der Waals surface area contributed by atoms with E-state index >= 15 is 0 Å². The number of aromatic carboxylic acids is 1. The molecule has 3 heterocycles. The number of pyridine rings is 1. The number of carboxylic acid groups (broad SMARTS) is 1. The number of hydrogen-bond acceptors (Lipinski definition) is 6. The van der Waals surface area contributed by atoms with Crippen molar-refractivity contribution >= 4 is 5.97 Å². The van der Waals surface area contributed by atoms with Crippen LogP contribution in [0.4, 0.5) is 0 Å². The van der Waals surface area contributed by atoms with Gasteiger partial charge in [0.1, 0.15) is 11.7 Å². The van der Waals surface area contributed by atoms with E-state index < -0.39 is 11.4 Å². The molecule has 8 heteroatoms. The molecule has 172 valence electrons. The minimum atomic E-state index is -1.24. The van der Waals surface area contributed by atoms with Gasteiger partial charge in [0.2, 0.25) is 0 Å². The zero-order chi connectivity index (χ0) is 23.0. The molecular formula is C24H29NO7. The van der Waals surface area contributed by atoms with E-state index in [1.807, 2.05) is 16.7 Å². The lowest BCUT2D eigenvalue weighted by Gasteiger charge is -2.49. The Hall–Kier alpha value is -2.84. The summed E-state index contributed by atoms with van der Waals surface area (Å²) in [7, 11) is 3.22. The van der Waals surface area contributed by atoms with Gasteiger partial charge in [0.05, 0.1) is 25.5 Å². The SMILES string of the molecule is COCCCOc1cc2c(cc1OC)-c1cc(=O)c(C(=O)O)cn1[C@H]1[C@@H]2OCCC1(C)C. The number of nitrogens with zero attached hydrogens (tertiary/aromatic N) is 1. The molecule has 1 N–H and O–H groups in total. The van der Waals surface area contributed by atoms with Crippen LogP contribution in [0, 0.1) is 5.41 Å². The van der Waals surface area contributed by atoms with Crippen molar-refractivity contribution in [2.75, 3.05) is 34.0 Å². The predicted molar refractivity (Wildman–Crippen MR) is 118 cm³/mol. The van der Waals surface area contributed by atoms with Crippen LogP contribution < -0.4 is 14.9 Å². The molecule has 2 atom stereocenters. The second-order valence-corrected chi connectivity index (χ2v) is 8.91. The molecule has 1 fully saturated rings. The van der Waals surface area contributed by atoms with Crippen molar-refractivity contribution in [3.8, 4) is 22.8 Å². The number of aromatic nitrogens is 1. The highest BCUT2D eigenvalue weighted by Crippen LogP contribution is 2.55. The molecule has 32 heavy (non-hydrogen) atoms. The summed E-state index contributed by atoms with van der Waals surface area (Å²) < 4.78 is 24.8. The van der Waals surface area contributed by atoms with Crippen LogP contribution in [0.15, 0.2) is 29.2 Å². The molecule has 0 spiro atoms. The van der Waals surface area contributed by atoms with Gasteiger partial charge in [-0.25, -0.2) is 4.79 Å². The Morgan fingerprint density at radius 2 is 2.00 bits per heavy atom. The van der Waals surface area contributed by atoms with Crippen LogP contribution in [0.2, 0.25) is 0 Å². The Morgan fingerprint density at radius 1 is 1.22 bits per heavy atom. The summed E-state index contributed by atoms with van der Waals surface area (Å²) in [5, 5.41) is 9.54. The van der Waals surface area contributed by atoms with Crippen molar-refractivity contribution in [2.24, 2.45) is 5.41 Å². The fraction of sp³-hybridized carbons (Fsp3) is 0.500. The number of rotatable bonds is 7. The lowest BCUT2D eigenvalue weighted by atomic mass is 9.72. The third-order valence-corrected chi connectivity index (χ3v) is 6.41. The Labute approximate surface area is 186 Å². The second-order valence-electron chi connectivity index (χ2n) is 8.91. The second kappa shape index (κ2) is 8.60. The summed E-state index contributed by atoms with van der Waals surface area (Å²) in [5.41, 5.74) is 1.38. The predicted octanol–water partition coefficient (Wildman–Crippen LogP) is 3.68. The molecule has 2 aliphatic heterocycles. The van der Waals surface area contributed by atoms with Crippen LogP contribution in [-0.2, 0) is 9.47 Å². The number of benzene rings is 1. The fourth-order valence-electron chi connectivity index (χ4n) is 4.73. The van der Waals surface area contributed by atoms with Gasteiger partial charge in [-0.05, 0) is 29.5 Å². The smallest absolute Gasteiger partial charge is 0.341 e. The van der Waals surface area contributed by atoms with Crippen LogP contribution in [-0.4, -0.2) is 49.7 Å². The lowest BCUT2D eigenvalue weighted by Crippen LogP contribution is -2.42. The molecule has 4 rings (SSSR count). The van der Waals surface area contributed by atoms with Crippen LogP contribution in [0.3, 0.4) is 0 Å². The monoisotopic (exact) mass is 443 g/mol. The molecule has 0 bridgehead atoms. The average molecular weight is 443 g/mol. The zero-order valence-corrected chi connectivity index (χ0v) is 18.8. The van der Waals surface area contributed by atoms with E-state index in [9.17, 15) is 14.7 Å². The van der Waals surface area contributed by atoms with E-state index in [1.54, 1.807) is 14.2 Å². The van der Waals surface area contributed by atoms with E-state index in [4.69, 9.17) is 18.9 Å². The number of ether oxygens (including phenoxy) is 4. The molecular weight excluding hydrogens is 414 g/mol. The molecule has 2 aromatic rings. The molecule has 0 aliphatic carbocycles. The average Bonchev–Trinajstić information content (AvgIpc) is 2.75. The van der Waals surface area contributed by atoms with Gasteiger partial charge in [-0.2, -0.15) is 0 Å². The molecule has 0 radical (unpaired) electrons. The molecule has 1 saturated heterocycles. The fourth-order valence-corrected chi connectivity index (χ4v) is 4.73. The Balaban J connectivity index is 1.90. The number of hydrogen-bond donors (Lipinski definition) is 1. The third-order valence-electron chi connectivity index (χ3n) is 6.41. The lowest BCUT2D eigenvalue weighted by molar-refractivity contribution is -0.0857. The van der Waals surface area contributed by atoms with Gasteiger partial charge in [0, 0.05) is 44.6 Å². The first-order valence-corrected chi connectivity index (χ1v) is 10.7. The molecule has 0 unspecified atom stereocenters. The number of carbonyl (C=O) groups is 1. The topological polar surface area (TPSA) is 96.2 Å². The highest BCUT2D eigenvalue weighted by atomic mass is 16.5. The summed E-state index contributed by atoms with van der Waals surface area (Å²) in [6, 6.07) is 5.00. The van der Waals surface area contributed by atoms with Crippen LogP contribution in [0.5, 0.6) is 11.5 Å². The van der Waals surface area contributed by atoms with Gasteiger partial charge in [0.15, 0.2) is 16.9 Å². The highest BCUT2D eigenvalue weighted by molar-refractivity contribution is 5.88. The van der Waals surface area contributed by atoms with E-state index in [-0.39, 0.29) is 23.1 Å². The highest BCUT2D eigenvalue weighted by Gasteiger charge is 2.46. The third kappa shape index (κ3) is 3.78. The normalized spacial score (nSPS) is 20.6. The van der Waals surface area contributed by atoms with Crippen molar-refractivity contribution in [1.82, 2.24) is 4.57 Å². The van der Waals surface area contributed by atoms with Crippen LogP contribution in [0.1, 0.15) is 54.8 Å². The minimum absolute atomic E-state index is 0.174. The molecule has 0 saturated carbocycles. The Bertz CT molecular complexity index is 1090. The van der Waals surface area contributed by atoms with Gasteiger partial charge in [0.25, 0.3) is 0 Å². The molecule has 8 nitrogen and oxygen atoms in total. The molecule has 1 aromatic carbocycles. The van der Waals surface area contributed by atoms with Gasteiger partial charge in [-0.15, -0.1) is 0 Å². The largest absolute Gasteiger partial charge is 0.493 e. The van der Waals surface area contributed by atoms with E-state index in [1.165, 1.54) is 12.3 Å². The van der Waals surface area contributed by atoms with Crippen molar-refractivity contribution in [3.63, 3.8) is 0 Å². The Kier molecular flexibility index (Phi) is 6.01. The standard InChI is InChI=1S/C24H29NO7/c1-24(2)6-9-32-21-15-11-20(31-8-5-7-29-3)19(30-4)10-14(15)17-12-18(26)16(23(27)28)13-25(17)22(21)24/h10-13,21-22H,5-9H2,1-4H3,(H,27,28)/t21-,22+/m1/s1. The van der Waals surface area contributed by atoms with Gasteiger partial charge >= 0.3 is 5.97 Å². The number of carboxylic acids is 1. The van der Waals surface area contributed by atoms with Crippen molar-refractivity contribution in [3.05, 3.63) is 45.7 Å². The molecule has 0 amide bonds. The van der Waals surface area contributed by atoms with E-state index in [0.717, 1.165) is 24.0 Å². The van der Waals surface area contributed by atoms with E-state index in [0.29, 0.717) is 37.0 Å². The van der Waals surface area contributed by atoms with Gasteiger partial charge in [-0.1, -0.05) is 13.8 Å². The minimum Gasteiger partial charge on any atom is -0.493 e. The number of methoxy groups -OCH3 is 2. The maximum absolute atomic E-state index is 12.6.